The molecule has 0 radical (unpaired) electrons. The Morgan fingerprint density at radius 2 is 1.90 bits per heavy atom. The van der Waals surface area contributed by atoms with E-state index < -0.39 is 0 Å². The van der Waals surface area contributed by atoms with Crippen LogP contribution in [0.3, 0.4) is 0 Å². The monoisotopic (exact) mass is 420 g/mol. The van der Waals surface area contributed by atoms with E-state index in [-0.39, 0.29) is 0 Å². The van der Waals surface area contributed by atoms with Gasteiger partial charge in [0.15, 0.2) is 16.7 Å². The molecule has 3 heterocycles. The number of benzene rings is 1. The molecule has 3 aromatic heterocycles. The molecule has 0 unspecified atom stereocenters. The van der Waals surface area contributed by atoms with E-state index in [2.05, 4.69) is 45.7 Å². The van der Waals surface area contributed by atoms with Gasteiger partial charge in [-0.2, -0.15) is 0 Å². The van der Waals surface area contributed by atoms with E-state index in [1.165, 1.54) is 5.56 Å². The van der Waals surface area contributed by atoms with Crippen molar-refractivity contribution in [3.63, 3.8) is 0 Å². The van der Waals surface area contributed by atoms with Gasteiger partial charge < -0.3 is 9.15 Å². The van der Waals surface area contributed by atoms with Crippen LogP contribution in [0.5, 0.6) is 5.75 Å². The lowest BCUT2D eigenvalue weighted by Gasteiger charge is -2.11. The first-order chi connectivity index (χ1) is 14.7. The quantitative estimate of drug-likeness (QED) is 0.335. The standard InChI is InChI=1S/C23H24N4O2S/c1-17(2)14-27-22(21-7-5-13-28-21)25-26-23(27)30-16-18-8-10-20(11-9-18)29-15-19-6-3-4-12-24-19/h3-13,17H,14-16H2,1-2H3. The topological polar surface area (TPSA) is 66.0 Å². The van der Waals surface area contributed by atoms with E-state index in [9.17, 15) is 0 Å². The van der Waals surface area contributed by atoms with E-state index >= 15 is 0 Å². The van der Waals surface area contributed by atoms with Gasteiger partial charge in [-0.1, -0.05) is 43.8 Å². The van der Waals surface area contributed by atoms with Crippen molar-refractivity contribution in [1.82, 2.24) is 19.7 Å². The summed E-state index contributed by atoms with van der Waals surface area (Å²) in [6, 6.07) is 17.7. The highest BCUT2D eigenvalue weighted by Crippen LogP contribution is 2.28. The molecular weight excluding hydrogens is 396 g/mol. The fourth-order valence-corrected chi connectivity index (χ4v) is 3.89. The van der Waals surface area contributed by atoms with Crippen molar-refractivity contribution in [1.29, 1.82) is 0 Å². The van der Waals surface area contributed by atoms with Crippen LogP contribution in [0.2, 0.25) is 0 Å². The summed E-state index contributed by atoms with van der Waals surface area (Å²) in [7, 11) is 0. The third-order valence-corrected chi connectivity index (χ3v) is 5.45. The van der Waals surface area contributed by atoms with Crippen LogP contribution in [0.15, 0.2) is 76.6 Å². The Balaban J connectivity index is 1.39. The number of hydrogen-bond donors (Lipinski definition) is 0. The Morgan fingerprint density at radius 3 is 2.60 bits per heavy atom. The van der Waals surface area contributed by atoms with Gasteiger partial charge in [0.2, 0.25) is 0 Å². The molecule has 0 bridgehead atoms. The van der Waals surface area contributed by atoms with Crippen LogP contribution >= 0.6 is 11.8 Å². The number of ether oxygens (including phenoxy) is 1. The first-order valence-corrected chi connectivity index (χ1v) is 10.9. The molecule has 0 aliphatic heterocycles. The lowest BCUT2D eigenvalue weighted by Crippen LogP contribution is -2.07. The summed E-state index contributed by atoms with van der Waals surface area (Å²) >= 11 is 1.67. The number of furan rings is 1. The van der Waals surface area contributed by atoms with Gasteiger partial charge in [-0.25, -0.2) is 0 Å². The van der Waals surface area contributed by atoms with E-state index in [1.54, 1.807) is 24.2 Å². The molecular formula is C23H24N4O2S. The number of thioether (sulfide) groups is 1. The highest BCUT2D eigenvalue weighted by Gasteiger charge is 2.17. The smallest absolute Gasteiger partial charge is 0.200 e. The second-order valence-corrected chi connectivity index (χ2v) is 8.27. The molecule has 0 fully saturated rings. The lowest BCUT2D eigenvalue weighted by molar-refractivity contribution is 0.301. The summed E-state index contributed by atoms with van der Waals surface area (Å²) in [6.07, 6.45) is 3.43. The molecule has 0 N–H and O–H groups in total. The molecule has 0 aliphatic carbocycles. The largest absolute Gasteiger partial charge is 0.487 e. The average molecular weight is 421 g/mol. The number of hydrogen-bond acceptors (Lipinski definition) is 6. The van der Waals surface area contributed by atoms with Crippen molar-refractivity contribution in [3.05, 3.63) is 78.3 Å². The number of nitrogens with zero attached hydrogens (tertiary/aromatic N) is 4. The molecule has 154 valence electrons. The fraction of sp³-hybridized carbons (Fsp3) is 0.261. The zero-order chi connectivity index (χ0) is 20.8. The van der Waals surface area contributed by atoms with Crippen molar-refractivity contribution in [2.45, 2.75) is 37.9 Å². The Labute approximate surface area is 180 Å². The maximum absolute atomic E-state index is 5.81. The molecule has 0 amide bonds. The molecule has 1 aromatic carbocycles. The maximum Gasteiger partial charge on any atom is 0.200 e. The molecule has 4 rings (SSSR count). The molecule has 0 aliphatic rings. The number of rotatable bonds is 9. The highest BCUT2D eigenvalue weighted by atomic mass is 32.2. The first-order valence-electron chi connectivity index (χ1n) is 9.90. The minimum Gasteiger partial charge on any atom is -0.487 e. The van der Waals surface area contributed by atoms with E-state index in [4.69, 9.17) is 9.15 Å². The SMILES string of the molecule is CC(C)Cn1c(SCc2ccc(OCc3ccccn3)cc2)nnc1-c1ccco1. The van der Waals surface area contributed by atoms with E-state index in [1.807, 2.05) is 42.5 Å². The van der Waals surface area contributed by atoms with Crippen LogP contribution in [0.4, 0.5) is 0 Å². The zero-order valence-electron chi connectivity index (χ0n) is 17.1. The van der Waals surface area contributed by atoms with Gasteiger partial charge in [0, 0.05) is 18.5 Å². The molecule has 0 saturated heterocycles. The van der Waals surface area contributed by atoms with Gasteiger partial charge in [0.05, 0.1) is 12.0 Å². The molecule has 7 heteroatoms. The highest BCUT2D eigenvalue weighted by molar-refractivity contribution is 7.98. The van der Waals surface area contributed by atoms with Gasteiger partial charge in [0.1, 0.15) is 12.4 Å². The molecule has 6 nitrogen and oxygen atoms in total. The van der Waals surface area contributed by atoms with Crippen LogP contribution in [0.1, 0.15) is 25.1 Å². The van der Waals surface area contributed by atoms with Gasteiger partial charge in [-0.15, -0.1) is 10.2 Å². The Bertz CT molecular complexity index is 1040. The van der Waals surface area contributed by atoms with E-state index in [0.717, 1.165) is 40.5 Å². The first kappa shape index (κ1) is 20.2. The Kier molecular flexibility index (Phi) is 6.49. The van der Waals surface area contributed by atoms with Crippen molar-refractivity contribution in [2.24, 2.45) is 5.92 Å². The Hall–Kier alpha value is -3.06. The van der Waals surface area contributed by atoms with Gasteiger partial charge in [0.25, 0.3) is 0 Å². The molecule has 4 aromatic rings. The molecule has 0 spiro atoms. The van der Waals surface area contributed by atoms with Crippen LogP contribution in [0.25, 0.3) is 11.6 Å². The summed E-state index contributed by atoms with van der Waals surface area (Å²) in [4.78, 5) is 4.27. The van der Waals surface area contributed by atoms with Gasteiger partial charge in [-0.05, 0) is 47.9 Å². The van der Waals surface area contributed by atoms with Gasteiger partial charge >= 0.3 is 0 Å². The van der Waals surface area contributed by atoms with Crippen LogP contribution in [-0.2, 0) is 18.9 Å². The number of aromatic nitrogens is 4. The van der Waals surface area contributed by atoms with Crippen LogP contribution < -0.4 is 4.74 Å². The van der Waals surface area contributed by atoms with Crippen molar-refractivity contribution in [2.75, 3.05) is 0 Å². The summed E-state index contributed by atoms with van der Waals surface area (Å²) in [5.41, 5.74) is 2.11. The second kappa shape index (κ2) is 9.63. The van der Waals surface area contributed by atoms with E-state index in [0.29, 0.717) is 12.5 Å². The summed E-state index contributed by atoms with van der Waals surface area (Å²) in [5, 5.41) is 9.66. The average Bonchev–Trinajstić information content (AvgIpc) is 3.42. The Morgan fingerprint density at radius 1 is 1.03 bits per heavy atom. The minimum absolute atomic E-state index is 0.461. The fourth-order valence-electron chi connectivity index (χ4n) is 2.98. The lowest BCUT2D eigenvalue weighted by atomic mass is 10.2. The minimum atomic E-state index is 0.461. The molecule has 0 atom stereocenters. The third kappa shape index (κ3) is 5.10. The van der Waals surface area contributed by atoms with Crippen molar-refractivity contribution < 1.29 is 9.15 Å². The van der Waals surface area contributed by atoms with Crippen molar-refractivity contribution >= 4 is 11.8 Å². The third-order valence-electron chi connectivity index (χ3n) is 4.41. The van der Waals surface area contributed by atoms with Crippen LogP contribution in [-0.4, -0.2) is 19.7 Å². The van der Waals surface area contributed by atoms with Gasteiger partial charge in [-0.3, -0.25) is 9.55 Å². The number of pyridine rings is 1. The second-order valence-electron chi connectivity index (χ2n) is 7.33. The summed E-state index contributed by atoms with van der Waals surface area (Å²) in [6.45, 7) is 5.67. The summed E-state index contributed by atoms with van der Waals surface area (Å²) in [5.74, 6) is 3.62. The maximum atomic E-state index is 5.81. The normalized spacial score (nSPS) is 11.2. The van der Waals surface area contributed by atoms with Crippen LogP contribution in [0, 0.1) is 5.92 Å². The zero-order valence-corrected chi connectivity index (χ0v) is 17.9. The summed E-state index contributed by atoms with van der Waals surface area (Å²) < 4.78 is 13.5. The van der Waals surface area contributed by atoms with Crippen molar-refractivity contribution in [3.8, 4) is 17.3 Å². The predicted molar refractivity (Wildman–Crippen MR) is 117 cm³/mol. The molecule has 0 saturated carbocycles. The molecule has 30 heavy (non-hydrogen) atoms. The predicted octanol–water partition coefficient (Wildman–Crippen LogP) is 5.46.